The highest BCUT2D eigenvalue weighted by molar-refractivity contribution is 7.80. The Morgan fingerprint density at radius 2 is 1.79 bits per heavy atom. The molecule has 5 nitrogen and oxygen atoms in total. The van der Waals surface area contributed by atoms with Gasteiger partial charge < -0.3 is 19.9 Å². The van der Waals surface area contributed by atoms with E-state index in [-0.39, 0.29) is 29.6 Å². The maximum atomic E-state index is 12.7. The number of halogens is 3. The molecule has 1 aliphatic rings. The van der Waals surface area contributed by atoms with Crippen molar-refractivity contribution in [2.24, 2.45) is 0 Å². The number of hydrogen-bond acceptors (Lipinski definition) is 7. The summed E-state index contributed by atoms with van der Waals surface area (Å²) in [4.78, 5) is 14.3. The van der Waals surface area contributed by atoms with Crippen molar-refractivity contribution in [1.82, 2.24) is 0 Å². The molecule has 0 unspecified atom stereocenters. The van der Waals surface area contributed by atoms with E-state index in [4.69, 9.17) is 9.47 Å². The SMILES string of the molecule is COc1cc(O)ccc1-c1ccc2c(c1COC(=O)c1ccc(C)s1)C(C)=CC(C)(C)N2.FC(F)(F)CCS. The number of rotatable bonds is 6. The van der Waals surface area contributed by atoms with Gasteiger partial charge in [-0.25, -0.2) is 4.79 Å². The van der Waals surface area contributed by atoms with Gasteiger partial charge in [0.1, 0.15) is 23.0 Å². The first-order valence-electron chi connectivity index (χ1n) is 12.2. The molecule has 0 amide bonds. The Morgan fingerprint density at radius 3 is 2.36 bits per heavy atom. The van der Waals surface area contributed by atoms with E-state index in [1.54, 1.807) is 25.3 Å². The molecule has 0 fully saturated rings. The van der Waals surface area contributed by atoms with Gasteiger partial charge in [0, 0.05) is 33.3 Å². The Labute approximate surface area is 236 Å². The second kappa shape index (κ2) is 12.4. The third-order valence-electron chi connectivity index (χ3n) is 5.90. The molecule has 0 spiro atoms. The van der Waals surface area contributed by atoms with Crippen molar-refractivity contribution in [3.63, 3.8) is 0 Å². The first-order valence-corrected chi connectivity index (χ1v) is 13.6. The molecule has 0 aliphatic carbocycles. The molecule has 0 saturated carbocycles. The second-order valence-corrected chi connectivity index (χ2v) is 11.4. The summed E-state index contributed by atoms with van der Waals surface area (Å²) < 4.78 is 44.3. The molecule has 0 saturated heterocycles. The number of thiol groups is 1. The van der Waals surface area contributed by atoms with E-state index in [9.17, 15) is 23.1 Å². The number of anilines is 1. The molecule has 1 aromatic heterocycles. The molecular formula is C29H32F3NO4S2. The number of allylic oxidation sites excluding steroid dienone is 1. The van der Waals surface area contributed by atoms with E-state index in [1.807, 2.05) is 31.2 Å². The summed E-state index contributed by atoms with van der Waals surface area (Å²) in [5.41, 5.74) is 5.55. The Balaban J connectivity index is 0.000000532. The number of alkyl halides is 3. The molecule has 2 heterocycles. The minimum atomic E-state index is -4.03. The number of fused-ring (bicyclic) bond motifs is 1. The van der Waals surface area contributed by atoms with Crippen LogP contribution in [0.2, 0.25) is 0 Å². The van der Waals surface area contributed by atoms with Gasteiger partial charge in [-0.05, 0) is 74.9 Å². The van der Waals surface area contributed by atoms with Crippen LogP contribution in [-0.4, -0.2) is 35.7 Å². The Kier molecular flexibility index (Phi) is 9.66. The minimum absolute atomic E-state index is 0.117. The summed E-state index contributed by atoms with van der Waals surface area (Å²) in [6, 6.07) is 12.8. The van der Waals surface area contributed by atoms with Gasteiger partial charge >= 0.3 is 12.1 Å². The number of phenols is 1. The van der Waals surface area contributed by atoms with E-state index in [2.05, 4.69) is 44.8 Å². The lowest BCUT2D eigenvalue weighted by atomic mass is 9.85. The Morgan fingerprint density at radius 1 is 1.10 bits per heavy atom. The summed E-state index contributed by atoms with van der Waals surface area (Å²) in [7, 11) is 1.57. The van der Waals surface area contributed by atoms with E-state index in [0.717, 1.165) is 38.4 Å². The topological polar surface area (TPSA) is 67.8 Å². The molecule has 2 N–H and O–H groups in total. The molecule has 39 heavy (non-hydrogen) atoms. The van der Waals surface area contributed by atoms with Gasteiger partial charge in [0.2, 0.25) is 0 Å². The van der Waals surface area contributed by atoms with E-state index in [0.29, 0.717) is 10.6 Å². The lowest BCUT2D eigenvalue weighted by Crippen LogP contribution is -2.32. The van der Waals surface area contributed by atoms with Crippen LogP contribution in [-0.2, 0) is 11.3 Å². The molecule has 0 radical (unpaired) electrons. The van der Waals surface area contributed by atoms with Crippen LogP contribution in [0.3, 0.4) is 0 Å². The standard InChI is InChI=1S/C26H27NO4S.C3H5F3S/c1-15-13-26(3,4)27-21-10-9-18(19-8-7-17(28)12-22(19)30-5)20(24(15)21)14-31-25(29)23-11-6-16(2)32-23;4-3(5,6)1-2-7/h6-13,27-28H,14H2,1-5H3;7H,1-2H2. The molecule has 210 valence electrons. The fourth-order valence-electron chi connectivity index (χ4n) is 4.38. The lowest BCUT2D eigenvalue weighted by Gasteiger charge is -2.33. The smallest absolute Gasteiger partial charge is 0.389 e. The number of aryl methyl sites for hydroxylation is 1. The summed E-state index contributed by atoms with van der Waals surface area (Å²) in [5.74, 6) is 0.222. The zero-order valence-electron chi connectivity index (χ0n) is 22.4. The Bertz CT molecular complexity index is 1360. The number of benzene rings is 2. The maximum absolute atomic E-state index is 12.7. The molecule has 0 bridgehead atoms. The second-order valence-electron chi connectivity index (χ2n) is 9.65. The van der Waals surface area contributed by atoms with Crippen LogP contribution in [0.15, 0.2) is 48.5 Å². The Hall–Kier alpha value is -3.11. The number of esters is 1. The van der Waals surface area contributed by atoms with Crippen molar-refractivity contribution < 1.29 is 32.5 Å². The highest BCUT2D eigenvalue weighted by Gasteiger charge is 2.27. The third-order valence-corrected chi connectivity index (χ3v) is 7.11. The first-order chi connectivity index (χ1) is 18.2. The van der Waals surface area contributed by atoms with E-state index >= 15 is 0 Å². The number of thiophene rings is 1. The molecular weight excluding hydrogens is 547 g/mol. The maximum Gasteiger partial charge on any atom is 0.389 e. The molecule has 3 aromatic rings. The molecule has 1 aliphatic heterocycles. The average Bonchev–Trinajstić information content (AvgIpc) is 3.27. The van der Waals surface area contributed by atoms with E-state index < -0.39 is 12.6 Å². The zero-order valence-corrected chi connectivity index (χ0v) is 24.1. The monoisotopic (exact) mass is 579 g/mol. The van der Waals surface area contributed by atoms with Crippen LogP contribution in [0.4, 0.5) is 18.9 Å². The van der Waals surface area contributed by atoms with Crippen molar-refractivity contribution in [1.29, 1.82) is 0 Å². The fourth-order valence-corrected chi connectivity index (χ4v) is 5.40. The normalized spacial score (nSPS) is 13.8. The van der Waals surface area contributed by atoms with Crippen LogP contribution in [0.1, 0.15) is 52.9 Å². The van der Waals surface area contributed by atoms with E-state index in [1.165, 1.54) is 11.3 Å². The largest absolute Gasteiger partial charge is 0.508 e. The number of nitrogens with one attached hydrogen (secondary N) is 1. The van der Waals surface area contributed by atoms with Gasteiger partial charge in [-0.3, -0.25) is 0 Å². The quantitative estimate of drug-likeness (QED) is 0.203. The van der Waals surface area contributed by atoms with Crippen LogP contribution in [0, 0.1) is 6.92 Å². The third kappa shape index (κ3) is 7.95. The van der Waals surface area contributed by atoms with Gasteiger partial charge in [-0.2, -0.15) is 25.8 Å². The number of aromatic hydroxyl groups is 1. The predicted octanol–water partition coefficient (Wildman–Crippen LogP) is 8.27. The number of phenolic OH excluding ortho intramolecular Hbond substituents is 1. The van der Waals surface area contributed by atoms with Crippen LogP contribution >= 0.6 is 24.0 Å². The number of hydrogen-bond donors (Lipinski definition) is 3. The summed E-state index contributed by atoms with van der Waals surface area (Å²) in [6.45, 7) is 8.40. The minimum Gasteiger partial charge on any atom is -0.508 e. The van der Waals surface area contributed by atoms with Crippen LogP contribution < -0.4 is 10.1 Å². The number of carbonyl (C=O) groups is 1. The van der Waals surface area contributed by atoms with Crippen LogP contribution in [0.25, 0.3) is 16.7 Å². The molecule has 4 rings (SSSR count). The lowest BCUT2D eigenvalue weighted by molar-refractivity contribution is -0.129. The van der Waals surface area contributed by atoms with Crippen molar-refractivity contribution >= 4 is 41.2 Å². The predicted molar refractivity (Wildman–Crippen MR) is 154 cm³/mol. The van der Waals surface area contributed by atoms with Gasteiger partial charge in [0.25, 0.3) is 0 Å². The van der Waals surface area contributed by atoms with Gasteiger partial charge in [0.15, 0.2) is 0 Å². The van der Waals surface area contributed by atoms with Crippen molar-refractivity contribution in [3.8, 4) is 22.6 Å². The van der Waals surface area contributed by atoms with Crippen molar-refractivity contribution in [2.75, 3.05) is 18.2 Å². The highest BCUT2D eigenvalue weighted by Crippen LogP contribution is 2.43. The summed E-state index contributed by atoms with van der Waals surface area (Å²) >= 11 is 4.82. The fraction of sp³-hybridized carbons (Fsp3) is 0.345. The van der Waals surface area contributed by atoms with Crippen molar-refractivity contribution in [2.45, 2.75) is 52.4 Å². The number of methoxy groups -OCH3 is 1. The average molecular weight is 580 g/mol. The number of ether oxygens (including phenoxy) is 2. The van der Waals surface area contributed by atoms with Gasteiger partial charge in [0.05, 0.1) is 19.1 Å². The highest BCUT2D eigenvalue weighted by atomic mass is 32.1. The summed E-state index contributed by atoms with van der Waals surface area (Å²) in [5, 5.41) is 13.5. The van der Waals surface area contributed by atoms with Gasteiger partial charge in [-0.15, -0.1) is 11.3 Å². The van der Waals surface area contributed by atoms with Crippen molar-refractivity contribution in [3.05, 3.63) is 69.4 Å². The zero-order chi connectivity index (χ0) is 29.0. The first kappa shape index (κ1) is 30.4. The van der Waals surface area contributed by atoms with Gasteiger partial charge in [-0.1, -0.05) is 12.1 Å². The molecule has 0 atom stereocenters. The number of carbonyl (C=O) groups excluding carboxylic acids is 1. The van der Waals surface area contributed by atoms with Crippen LogP contribution in [0.5, 0.6) is 11.5 Å². The molecule has 2 aromatic carbocycles. The summed E-state index contributed by atoms with van der Waals surface area (Å²) in [6.07, 6.45) is -2.64. The molecule has 10 heteroatoms.